The quantitative estimate of drug-likeness (QED) is 0.637. The summed E-state index contributed by atoms with van der Waals surface area (Å²) in [6.45, 7) is 1.86. The van der Waals surface area contributed by atoms with Gasteiger partial charge in [-0.25, -0.2) is 0 Å². The third kappa shape index (κ3) is 3.64. The standard InChI is InChI=1S/C15H16N2O3.ClH/c1-10-6-12(17(3)15(20)16(10)2)5-4-11-7-13(18)9-14(19)8-11;/h4-9H,1-3H3,(H-,18,19);1H. The van der Waals surface area contributed by atoms with E-state index in [9.17, 15) is 15.0 Å². The maximum absolute atomic E-state index is 11.9. The van der Waals surface area contributed by atoms with Gasteiger partial charge in [0.05, 0.1) is 14.1 Å². The number of aryl methyl sites for hydroxylation is 1. The highest BCUT2D eigenvalue weighted by molar-refractivity contribution is 5.69. The molecule has 1 aromatic heterocycles. The first-order chi connectivity index (χ1) is 9.38. The monoisotopic (exact) mass is 308 g/mol. The first kappa shape index (κ1) is 16.8. The average Bonchev–Trinajstić information content (AvgIpc) is 2.38. The second-order valence-corrected chi connectivity index (χ2v) is 4.73. The minimum Gasteiger partial charge on any atom is -1.00 e. The molecule has 0 atom stereocenters. The van der Waals surface area contributed by atoms with E-state index in [2.05, 4.69) is 0 Å². The van der Waals surface area contributed by atoms with Crippen molar-refractivity contribution in [2.45, 2.75) is 6.92 Å². The predicted molar refractivity (Wildman–Crippen MR) is 76.3 cm³/mol. The Morgan fingerprint density at radius 1 is 1.10 bits per heavy atom. The van der Waals surface area contributed by atoms with Crippen LogP contribution in [0.15, 0.2) is 29.1 Å². The number of hydrogen-bond donors (Lipinski definition) is 2. The van der Waals surface area contributed by atoms with E-state index in [4.69, 9.17) is 0 Å². The topological polar surface area (TPSA) is 66.3 Å². The molecular weight excluding hydrogens is 292 g/mol. The van der Waals surface area contributed by atoms with Crippen molar-refractivity contribution in [3.8, 4) is 11.5 Å². The predicted octanol–water partition coefficient (Wildman–Crippen LogP) is -1.90. The molecule has 6 heteroatoms. The van der Waals surface area contributed by atoms with E-state index >= 15 is 0 Å². The molecule has 112 valence electrons. The molecule has 5 nitrogen and oxygen atoms in total. The van der Waals surface area contributed by atoms with Crippen LogP contribution in [-0.4, -0.2) is 14.8 Å². The van der Waals surface area contributed by atoms with E-state index in [0.29, 0.717) is 5.56 Å². The number of halogens is 1. The molecule has 0 aliphatic heterocycles. The summed E-state index contributed by atoms with van der Waals surface area (Å²) >= 11 is 0. The summed E-state index contributed by atoms with van der Waals surface area (Å²) in [5.41, 5.74) is 2.14. The maximum Gasteiger partial charge on any atom is 0.498 e. The van der Waals surface area contributed by atoms with Gasteiger partial charge < -0.3 is 22.6 Å². The van der Waals surface area contributed by atoms with Gasteiger partial charge >= 0.3 is 5.69 Å². The average molecular weight is 309 g/mol. The smallest absolute Gasteiger partial charge is 0.498 e. The Labute approximate surface area is 128 Å². The first-order valence-corrected chi connectivity index (χ1v) is 6.16. The van der Waals surface area contributed by atoms with Crippen LogP contribution in [0.3, 0.4) is 0 Å². The third-order valence-electron chi connectivity index (χ3n) is 3.22. The molecule has 0 aliphatic rings. The molecule has 0 spiro atoms. The molecule has 1 aromatic carbocycles. The molecule has 1 heterocycles. The van der Waals surface area contributed by atoms with Crippen LogP contribution in [0.5, 0.6) is 11.5 Å². The largest absolute Gasteiger partial charge is 1.00 e. The summed E-state index contributed by atoms with van der Waals surface area (Å²) in [5, 5.41) is 18.8. The summed E-state index contributed by atoms with van der Waals surface area (Å²) in [5.74, 6) is -0.0108. The lowest BCUT2D eigenvalue weighted by molar-refractivity contribution is -0.696. The number of aromatic nitrogens is 2. The zero-order valence-electron chi connectivity index (χ0n) is 12.0. The first-order valence-electron chi connectivity index (χ1n) is 6.16. The van der Waals surface area contributed by atoms with Gasteiger partial charge in [-0.05, 0) is 30.7 Å². The lowest BCUT2D eigenvalue weighted by Crippen LogP contribution is -3.00. The molecule has 0 fully saturated rings. The zero-order valence-corrected chi connectivity index (χ0v) is 12.8. The number of aromatic hydroxyl groups is 2. The van der Waals surface area contributed by atoms with E-state index in [0.717, 1.165) is 11.4 Å². The van der Waals surface area contributed by atoms with Gasteiger partial charge in [0.2, 0.25) is 0 Å². The Balaban J connectivity index is 0.00000220. The van der Waals surface area contributed by atoms with Crippen molar-refractivity contribution in [1.29, 1.82) is 0 Å². The van der Waals surface area contributed by atoms with Crippen molar-refractivity contribution in [1.82, 2.24) is 4.57 Å². The summed E-state index contributed by atoms with van der Waals surface area (Å²) < 4.78 is 3.10. The van der Waals surface area contributed by atoms with Crippen LogP contribution in [0.25, 0.3) is 12.2 Å². The van der Waals surface area contributed by atoms with Crippen molar-refractivity contribution in [3.05, 3.63) is 51.7 Å². The number of hydrogen-bond acceptors (Lipinski definition) is 3. The highest BCUT2D eigenvalue weighted by Crippen LogP contribution is 2.21. The molecule has 2 aromatic rings. The summed E-state index contributed by atoms with van der Waals surface area (Å²) in [4.78, 5) is 11.9. The molecule has 2 N–H and O–H groups in total. The molecule has 2 rings (SSSR count). The minimum atomic E-state index is -0.108. The van der Waals surface area contributed by atoms with Crippen LogP contribution in [0, 0.1) is 6.92 Å². The second-order valence-electron chi connectivity index (χ2n) is 4.73. The third-order valence-corrected chi connectivity index (χ3v) is 3.22. The molecule has 0 amide bonds. The van der Waals surface area contributed by atoms with E-state index in [-0.39, 0.29) is 29.6 Å². The summed E-state index contributed by atoms with van der Waals surface area (Å²) in [6.07, 6.45) is 3.50. The molecule has 21 heavy (non-hydrogen) atoms. The SMILES string of the molecule is Cc1cc(C=Cc2cc(O)cc(O)c2)n(C)c(=O)[n+]1C.[Cl-]. The van der Waals surface area contributed by atoms with Gasteiger partial charge in [-0.1, -0.05) is 6.08 Å². The Morgan fingerprint density at radius 2 is 1.67 bits per heavy atom. The Morgan fingerprint density at radius 3 is 2.24 bits per heavy atom. The highest BCUT2D eigenvalue weighted by atomic mass is 35.5. The van der Waals surface area contributed by atoms with Crippen molar-refractivity contribution in [3.63, 3.8) is 0 Å². The fraction of sp³-hybridized carbons (Fsp3) is 0.200. The van der Waals surface area contributed by atoms with E-state index < -0.39 is 0 Å². The Kier molecular flexibility index (Phi) is 5.16. The highest BCUT2D eigenvalue weighted by Gasteiger charge is 2.11. The molecule has 0 saturated carbocycles. The van der Waals surface area contributed by atoms with Gasteiger partial charge in [0, 0.05) is 12.1 Å². The fourth-order valence-electron chi connectivity index (χ4n) is 1.95. The van der Waals surface area contributed by atoms with Crippen LogP contribution in [0.2, 0.25) is 0 Å². The normalized spacial score (nSPS) is 10.6. The molecule has 0 bridgehead atoms. The maximum atomic E-state index is 11.9. The molecular formula is C15H17ClN2O3. The van der Waals surface area contributed by atoms with Crippen LogP contribution >= 0.6 is 0 Å². The lowest BCUT2D eigenvalue weighted by Gasteiger charge is -2.02. The Bertz CT molecular complexity index is 731. The van der Waals surface area contributed by atoms with Crippen LogP contribution in [0.1, 0.15) is 17.0 Å². The van der Waals surface area contributed by atoms with Gasteiger partial charge in [-0.3, -0.25) is 0 Å². The lowest BCUT2D eigenvalue weighted by atomic mass is 10.1. The number of phenolic OH excluding ortho intramolecular Hbond substituents is 2. The van der Waals surface area contributed by atoms with Gasteiger partial charge in [0.15, 0.2) is 0 Å². The van der Waals surface area contributed by atoms with E-state index in [1.807, 2.05) is 13.0 Å². The van der Waals surface area contributed by atoms with Crippen LogP contribution in [-0.2, 0) is 14.1 Å². The molecule has 0 aliphatic carbocycles. The molecule has 0 radical (unpaired) electrons. The van der Waals surface area contributed by atoms with Gasteiger partial charge in [0.25, 0.3) is 0 Å². The van der Waals surface area contributed by atoms with Crippen molar-refractivity contribution >= 4 is 12.2 Å². The number of nitrogens with zero attached hydrogens (tertiary/aromatic N) is 2. The van der Waals surface area contributed by atoms with Gasteiger partial charge in [0.1, 0.15) is 22.9 Å². The van der Waals surface area contributed by atoms with Crippen molar-refractivity contribution < 1.29 is 27.2 Å². The molecule has 0 unspecified atom stereocenters. The second kappa shape index (κ2) is 6.45. The summed E-state index contributed by atoms with van der Waals surface area (Å²) in [6, 6.07) is 6.22. The van der Waals surface area contributed by atoms with Crippen molar-refractivity contribution in [2.75, 3.05) is 0 Å². The van der Waals surface area contributed by atoms with Gasteiger partial charge in [-0.15, -0.1) is 0 Å². The number of phenols is 2. The van der Waals surface area contributed by atoms with Crippen molar-refractivity contribution in [2.24, 2.45) is 14.1 Å². The van der Waals surface area contributed by atoms with Crippen LogP contribution in [0.4, 0.5) is 0 Å². The molecule has 0 saturated heterocycles. The zero-order chi connectivity index (χ0) is 14.9. The number of rotatable bonds is 2. The van der Waals surface area contributed by atoms with Gasteiger partial charge in [-0.2, -0.15) is 13.9 Å². The Hall–Kier alpha value is -2.27. The number of benzene rings is 1. The minimum absolute atomic E-state index is 0. The summed E-state index contributed by atoms with van der Waals surface area (Å²) in [7, 11) is 3.42. The van der Waals surface area contributed by atoms with Crippen LogP contribution < -0.4 is 22.7 Å². The van der Waals surface area contributed by atoms with E-state index in [1.165, 1.54) is 22.8 Å². The van der Waals surface area contributed by atoms with E-state index in [1.54, 1.807) is 30.8 Å². The fourth-order valence-corrected chi connectivity index (χ4v) is 1.95.